The Labute approximate surface area is 129 Å². The largest absolute Gasteiger partial charge is 0.484 e. The predicted octanol–water partition coefficient (Wildman–Crippen LogP) is 2.91. The molecule has 7 heteroatoms. The quantitative estimate of drug-likeness (QED) is 0.785. The van der Waals surface area contributed by atoms with Gasteiger partial charge in [-0.25, -0.2) is 14.8 Å². The summed E-state index contributed by atoms with van der Waals surface area (Å²) in [6.45, 7) is 6.70. The van der Waals surface area contributed by atoms with Gasteiger partial charge >= 0.3 is 6.09 Å². The number of ether oxygens (including phenoxy) is 2. The van der Waals surface area contributed by atoms with Gasteiger partial charge in [-0.3, -0.25) is 0 Å². The molecule has 6 nitrogen and oxygen atoms in total. The van der Waals surface area contributed by atoms with Crippen LogP contribution in [0.3, 0.4) is 0 Å². The van der Waals surface area contributed by atoms with Crippen molar-refractivity contribution >= 4 is 17.7 Å². The minimum atomic E-state index is -0.499. The van der Waals surface area contributed by atoms with E-state index in [9.17, 15) is 4.79 Å². The lowest BCUT2D eigenvalue weighted by atomic mass is 10.1. The van der Waals surface area contributed by atoms with Crippen LogP contribution in [0, 0.1) is 0 Å². The van der Waals surface area contributed by atoms with Gasteiger partial charge in [-0.1, -0.05) is 11.6 Å². The SMILES string of the molecule is CC(C)(C)OC(=O)N1CCCC(Oc2cncnc2Cl)C1. The number of amides is 1. The molecular weight excluding hydrogens is 294 g/mol. The molecule has 1 amide bonds. The molecule has 2 heterocycles. The second-order valence-corrected chi connectivity index (χ2v) is 6.34. The first kappa shape index (κ1) is 15.8. The molecule has 0 spiro atoms. The van der Waals surface area contributed by atoms with E-state index in [4.69, 9.17) is 21.1 Å². The Hall–Kier alpha value is -1.56. The summed E-state index contributed by atoms with van der Waals surface area (Å²) in [7, 11) is 0. The minimum Gasteiger partial charge on any atom is -0.484 e. The fourth-order valence-corrected chi connectivity index (χ4v) is 2.22. The summed E-state index contributed by atoms with van der Waals surface area (Å²) in [5, 5.41) is 0.277. The maximum Gasteiger partial charge on any atom is 0.410 e. The summed E-state index contributed by atoms with van der Waals surface area (Å²) in [5.41, 5.74) is -0.499. The average molecular weight is 314 g/mol. The van der Waals surface area contributed by atoms with Gasteiger partial charge in [-0.05, 0) is 33.6 Å². The zero-order valence-corrected chi connectivity index (χ0v) is 13.3. The second kappa shape index (κ2) is 6.47. The van der Waals surface area contributed by atoms with E-state index >= 15 is 0 Å². The van der Waals surface area contributed by atoms with E-state index in [2.05, 4.69) is 9.97 Å². The fourth-order valence-electron chi connectivity index (χ4n) is 2.09. The zero-order valence-electron chi connectivity index (χ0n) is 12.5. The van der Waals surface area contributed by atoms with Crippen molar-refractivity contribution in [1.29, 1.82) is 0 Å². The van der Waals surface area contributed by atoms with Gasteiger partial charge in [0, 0.05) is 6.54 Å². The van der Waals surface area contributed by atoms with Crippen LogP contribution >= 0.6 is 11.6 Å². The lowest BCUT2D eigenvalue weighted by Crippen LogP contribution is -2.46. The number of carbonyl (C=O) groups excluding carboxylic acids is 1. The van der Waals surface area contributed by atoms with Crippen LogP contribution in [0.15, 0.2) is 12.5 Å². The number of halogens is 1. The molecule has 0 bridgehead atoms. The number of aromatic nitrogens is 2. The summed E-state index contributed by atoms with van der Waals surface area (Å²) >= 11 is 5.95. The molecule has 1 unspecified atom stereocenters. The molecule has 0 N–H and O–H groups in total. The number of nitrogens with zero attached hydrogens (tertiary/aromatic N) is 3. The van der Waals surface area contributed by atoms with Crippen LogP contribution in [0.5, 0.6) is 5.75 Å². The molecule has 0 saturated carbocycles. The zero-order chi connectivity index (χ0) is 15.5. The Kier molecular flexibility index (Phi) is 4.88. The molecule has 1 aromatic rings. The van der Waals surface area contributed by atoms with Crippen LogP contribution in [-0.2, 0) is 4.74 Å². The van der Waals surface area contributed by atoms with Gasteiger partial charge in [0.05, 0.1) is 12.7 Å². The van der Waals surface area contributed by atoms with E-state index in [0.717, 1.165) is 12.8 Å². The van der Waals surface area contributed by atoms with Crippen LogP contribution < -0.4 is 4.74 Å². The number of hydrogen-bond acceptors (Lipinski definition) is 5. The van der Waals surface area contributed by atoms with Gasteiger partial charge in [0.15, 0.2) is 10.9 Å². The molecule has 21 heavy (non-hydrogen) atoms. The third kappa shape index (κ3) is 4.74. The highest BCUT2D eigenvalue weighted by Gasteiger charge is 2.28. The number of rotatable bonds is 2. The topological polar surface area (TPSA) is 64.5 Å². The van der Waals surface area contributed by atoms with Crippen molar-refractivity contribution in [2.75, 3.05) is 13.1 Å². The maximum atomic E-state index is 12.1. The first-order valence-corrected chi connectivity index (χ1v) is 7.33. The van der Waals surface area contributed by atoms with Gasteiger partial charge in [0.1, 0.15) is 18.0 Å². The molecule has 1 atom stereocenters. The second-order valence-electron chi connectivity index (χ2n) is 5.99. The Morgan fingerprint density at radius 3 is 2.90 bits per heavy atom. The first-order valence-electron chi connectivity index (χ1n) is 6.95. The van der Waals surface area contributed by atoms with E-state index in [0.29, 0.717) is 18.8 Å². The number of hydrogen-bond donors (Lipinski definition) is 0. The molecule has 1 saturated heterocycles. The molecule has 1 aliphatic rings. The van der Waals surface area contributed by atoms with Crippen molar-refractivity contribution < 1.29 is 14.3 Å². The van der Waals surface area contributed by atoms with Gasteiger partial charge in [0.2, 0.25) is 0 Å². The minimum absolute atomic E-state index is 0.130. The Morgan fingerprint density at radius 2 is 2.24 bits per heavy atom. The Bertz CT molecular complexity index is 504. The highest BCUT2D eigenvalue weighted by atomic mass is 35.5. The highest BCUT2D eigenvalue weighted by Crippen LogP contribution is 2.24. The molecule has 1 aliphatic heterocycles. The molecule has 1 aromatic heterocycles. The predicted molar refractivity (Wildman–Crippen MR) is 78.5 cm³/mol. The lowest BCUT2D eigenvalue weighted by molar-refractivity contribution is 0.00770. The normalized spacial score (nSPS) is 19.2. The molecule has 116 valence electrons. The summed E-state index contributed by atoms with van der Waals surface area (Å²) in [5.74, 6) is 0.440. The monoisotopic (exact) mass is 313 g/mol. The van der Waals surface area contributed by atoms with Gasteiger partial charge < -0.3 is 14.4 Å². The smallest absolute Gasteiger partial charge is 0.410 e. The molecule has 2 rings (SSSR count). The van der Waals surface area contributed by atoms with Gasteiger partial charge in [0.25, 0.3) is 0 Å². The van der Waals surface area contributed by atoms with Crippen LogP contribution in [0.25, 0.3) is 0 Å². The molecule has 0 aliphatic carbocycles. The lowest BCUT2D eigenvalue weighted by Gasteiger charge is -2.34. The van der Waals surface area contributed by atoms with Crippen molar-refractivity contribution in [2.24, 2.45) is 0 Å². The van der Waals surface area contributed by atoms with Crippen LogP contribution in [0.2, 0.25) is 5.15 Å². The summed E-state index contributed by atoms with van der Waals surface area (Å²) in [6.07, 6.45) is 4.16. The van der Waals surface area contributed by atoms with Crippen molar-refractivity contribution in [2.45, 2.75) is 45.3 Å². The van der Waals surface area contributed by atoms with Crippen molar-refractivity contribution in [3.8, 4) is 5.75 Å². The van der Waals surface area contributed by atoms with E-state index in [1.54, 1.807) is 4.90 Å². The average Bonchev–Trinajstić information content (AvgIpc) is 2.40. The summed E-state index contributed by atoms with van der Waals surface area (Å²) in [4.78, 5) is 21.5. The van der Waals surface area contributed by atoms with E-state index in [1.807, 2.05) is 20.8 Å². The molecular formula is C14H20ClN3O3. The summed E-state index contributed by atoms with van der Waals surface area (Å²) in [6, 6.07) is 0. The number of likely N-dealkylation sites (tertiary alicyclic amines) is 1. The fraction of sp³-hybridized carbons (Fsp3) is 0.643. The molecule has 1 fully saturated rings. The Morgan fingerprint density at radius 1 is 1.48 bits per heavy atom. The van der Waals surface area contributed by atoms with Crippen LogP contribution in [0.4, 0.5) is 4.79 Å². The number of carbonyl (C=O) groups is 1. The van der Waals surface area contributed by atoms with Gasteiger partial charge in [-0.15, -0.1) is 0 Å². The molecule has 0 aromatic carbocycles. The van der Waals surface area contributed by atoms with Crippen LogP contribution in [-0.4, -0.2) is 45.8 Å². The van der Waals surface area contributed by atoms with E-state index < -0.39 is 5.60 Å². The number of piperidine rings is 1. The molecule has 0 radical (unpaired) electrons. The van der Waals surface area contributed by atoms with Gasteiger partial charge in [-0.2, -0.15) is 0 Å². The standard InChI is InChI=1S/C14H20ClN3O3/c1-14(2,3)21-13(19)18-6-4-5-10(8-18)20-11-7-16-9-17-12(11)15/h7,9-10H,4-6,8H2,1-3H3. The van der Waals surface area contributed by atoms with E-state index in [1.165, 1.54) is 12.5 Å². The van der Waals surface area contributed by atoms with Crippen molar-refractivity contribution in [3.63, 3.8) is 0 Å². The maximum absolute atomic E-state index is 12.1. The highest BCUT2D eigenvalue weighted by molar-refractivity contribution is 6.30. The van der Waals surface area contributed by atoms with Crippen molar-refractivity contribution in [3.05, 3.63) is 17.7 Å². The van der Waals surface area contributed by atoms with Crippen molar-refractivity contribution in [1.82, 2.24) is 14.9 Å². The summed E-state index contributed by atoms with van der Waals surface area (Å²) < 4.78 is 11.2. The first-order chi connectivity index (χ1) is 9.85. The third-order valence-electron chi connectivity index (χ3n) is 2.96. The van der Waals surface area contributed by atoms with Crippen LogP contribution in [0.1, 0.15) is 33.6 Å². The van der Waals surface area contributed by atoms with E-state index in [-0.39, 0.29) is 17.4 Å². The Balaban J connectivity index is 1.95. The third-order valence-corrected chi connectivity index (χ3v) is 3.24.